The van der Waals surface area contributed by atoms with Crippen LogP contribution in [-0.4, -0.2) is 30.0 Å². The van der Waals surface area contributed by atoms with Crippen LogP contribution in [0.5, 0.6) is 0 Å². The molecule has 0 unspecified atom stereocenters. The van der Waals surface area contributed by atoms with Gasteiger partial charge in [-0.15, -0.1) is 10.2 Å². The van der Waals surface area contributed by atoms with Crippen molar-refractivity contribution in [3.8, 4) is 0 Å². The Labute approximate surface area is 77.9 Å². The van der Waals surface area contributed by atoms with E-state index in [0.717, 1.165) is 23.1 Å². The molecule has 2 aromatic heterocycles. The second-order valence-electron chi connectivity index (χ2n) is 2.69. The molecule has 66 valence electrons. The van der Waals surface area contributed by atoms with Crippen molar-refractivity contribution in [1.29, 1.82) is 0 Å². The van der Waals surface area contributed by atoms with Crippen molar-refractivity contribution in [2.45, 2.75) is 23.1 Å². The minimum atomic E-state index is 0.804. The standard InChI is InChI=1S/C6H6N6S/c1-2-12-6(4-8-10-12)13-5-3-7-9-11(1)5/h3-4H,1-2H2. The summed E-state index contributed by atoms with van der Waals surface area (Å²) in [6.45, 7) is 1.61. The molecule has 1 aliphatic rings. The highest BCUT2D eigenvalue weighted by molar-refractivity contribution is 7.99. The first kappa shape index (κ1) is 7.07. The highest BCUT2D eigenvalue weighted by Gasteiger charge is 2.14. The van der Waals surface area contributed by atoms with E-state index in [1.54, 1.807) is 24.2 Å². The predicted molar refractivity (Wildman–Crippen MR) is 44.2 cm³/mol. The van der Waals surface area contributed by atoms with Gasteiger partial charge in [0, 0.05) is 0 Å². The second kappa shape index (κ2) is 2.56. The molecule has 2 aromatic rings. The molecule has 3 heterocycles. The van der Waals surface area contributed by atoms with E-state index in [4.69, 9.17) is 0 Å². The zero-order chi connectivity index (χ0) is 8.67. The Balaban J connectivity index is 2.10. The lowest BCUT2D eigenvalue weighted by molar-refractivity contribution is 0.451. The summed E-state index contributed by atoms with van der Waals surface area (Å²) in [6.07, 6.45) is 3.51. The van der Waals surface area contributed by atoms with Crippen molar-refractivity contribution in [2.24, 2.45) is 0 Å². The Kier molecular flexibility index (Phi) is 1.39. The van der Waals surface area contributed by atoms with Gasteiger partial charge in [-0.05, 0) is 11.8 Å². The van der Waals surface area contributed by atoms with Gasteiger partial charge in [0.05, 0.1) is 25.5 Å². The van der Waals surface area contributed by atoms with Crippen LogP contribution in [0.3, 0.4) is 0 Å². The van der Waals surface area contributed by atoms with E-state index >= 15 is 0 Å². The molecule has 13 heavy (non-hydrogen) atoms. The summed E-state index contributed by atoms with van der Waals surface area (Å²) in [5, 5.41) is 17.7. The smallest absolute Gasteiger partial charge is 0.121 e. The van der Waals surface area contributed by atoms with Crippen molar-refractivity contribution in [3.63, 3.8) is 0 Å². The van der Waals surface area contributed by atoms with Gasteiger partial charge in [0.2, 0.25) is 0 Å². The summed E-state index contributed by atoms with van der Waals surface area (Å²) in [6, 6.07) is 0. The van der Waals surface area contributed by atoms with E-state index < -0.39 is 0 Å². The highest BCUT2D eigenvalue weighted by Crippen LogP contribution is 2.27. The number of aryl methyl sites for hydroxylation is 2. The quantitative estimate of drug-likeness (QED) is 0.592. The Bertz CT molecular complexity index is 392. The fourth-order valence-electron chi connectivity index (χ4n) is 1.26. The van der Waals surface area contributed by atoms with E-state index in [-0.39, 0.29) is 0 Å². The molecule has 0 atom stereocenters. The van der Waals surface area contributed by atoms with E-state index in [2.05, 4.69) is 20.6 Å². The molecular weight excluding hydrogens is 188 g/mol. The monoisotopic (exact) mass is 194 g/mol. The summed E-state index contributed by atoms with van der Waals surface area (Å²) in [5.74, 6) is 0. The van der Waals surface area contributed by atoms with E-state index in [9.17, 15) is 0 Å². The van der Waals surface area contributed by atoms with E-state index in [0.29, 0.717) is 0 Å². The van der Waals surface area contributed by atoms with Gasteiger partial charge in [-0.25, -0.2) is 9.36 Å². The molecule has 0 spiro atoms. The number of hydrogen-bond acceptors (Lipinski definition) is 5. The normalized spacial score (nSPS) is 14.8. The number of fused-ring (bicyclic) bond motifs is 2. The summed E-state index contributed by atoms with van der Waals surface area (Å²) < 4.78 is 3.75. The molecule has 0 N–H and O–H groups in total. The van der Waals surface area contributed by atoms with E-state index in [1.165, 1.54) is 0 Å². The zero-order valence-electron chi connectivity index (χ0n) is 6.66. The average molecular weight is 194 g/mol. The number of nitrogens with zero attached hydrogens (tertiary/aromatic N) is 6. The van der Waals surface area contributed by atoms with Crippen LogP contribution >= 0.6 is 11.8 Å². The third-order valence-corrected chi connectivity index (χ3v) is 2.95. The molecule has 0 fully saturated rings. The first-order valence-corrected chi connectivity index (χ1v) is 4.70. The Morgan fingerprint density at radius 2 is 1.54 bits per heavy atom. The first-order valence-electron chi connectivity index (χ1n) is 3.88. The molecule has 0 radical (unpaired) electrons. The third-order valence-electron chi connectivity index (χ3n) is 1.90. The maximum Gasteiger partial charge on any atom is 0.121 e. The van der Waals surface area contributed by atoms with Gasteiger partial charge in [-0.1, -0.05) is 10.4 Å². The van der Waals surface area contributed by atoms with Crippen LogP contribution in [0.2, 0.25) is 0 Å². The molecular formula is C6H6N6S. The van der Waals surface area contributed by atoms with Gasteiger partial charge in [0.1, 0.15) is 10.1 Å². The van der Waals surface area contributed by atoms with Crippen LogP contribution in [0.4, 0.5) is 0 Å². The molecule has 7 heteroatoms. The Morgan fingerprint density at radius 1 is 1.00 bits per heavy atom. The summed E-state index contributed by atoms with van der Waals surface area (Å²) in [5.41, 5.74) is 0. The minimum absolute atomic E-state index is 0.804. The van der Waals surface area contributed by atoms with Gasteiger partial charge < -0.3 is 0 Å². The third kappa shape index (κ3) is 1.04. The number of aromatic nitrogens is 6. The lowest BCUT2D eigenvalue weighted by Gasteiger charge is -1.97. The van der Waals surface area contributed by atoms with Crippen LogP contribution in [0.25, 0.3) is 0 Å². The van der Waals surface area contributed by atoms with Crippen molar-refractivity contribution >= 4 is 11.8 Å². The Morgan fingerprint density at radius 3 is 2.08 bits per heavy atom. The molecule has 0 bridgehead atoms. The minimum Gasteiger partial charge on any atom is -0.237 e. The zero-order valence-corrected chi connectivity index (χ0v) is 7.48. The van der Waals surface area contributed by atoms with Crippen LogP contribution in [0.1, 0.15) is 0 Å². The molecule has 0 aromatic carbocycles. The van der Waals surface area contributed by atoms with E-state index in [1.807, 2.05) is 9.36 Å². The maximum atomic E-state index is 3.96. The topological polar surface area (TPSA) is 61.4 Å². The van der Waals surface area contributed by atoms with Gasteiger partial charge in [-0.2, -0.15) is 0 Å². The van der Waals surface area contributed by atoms with Crippen LogP contribution in [-0.2, 0) is 13.1 Å². The SMILES string of the molecule is c1nnn2c1Sc1cnnn1CC2. The van der Waals surface area contributed by atoms with Gasteiger partial charge in [0.15, 0.2) is 0 Å². The van der Waals surface area contributed by atoms with Crippen molar-refractivity contribution < 1.29 is 0 Å². The fourth-order valence-corrected chi connectivity index (χ4v) is 2.14. The van der Waals surface area contributed by atoms with Gasteiger partial charge in [-0.3, -0.25) is 0 Å². The molecule has 0 saturated carbocycles. The van der Waals surface area contributed by atoms with Gasteiger partial charge >= 0.3 is 0 Å². The number of rotatable bonds is 0. The van der Waals surface area contributed by atoms with Crippen molar-refractivity contribution in [3.05, 3.63) is 12.4 Å². The Hall–Kier alpha value is -1.37. The van der Waals surface area contributed by atoms with Crippen LogP contribution in [0.15, 0.2) is 22.4 Å². The van der Waals surface area contributed by atoms with Crippen molar-refractivity contribution in [1.82, 2.24) is 30.0 Å². The van der Waals surface area contributed by atoms with Crippen LogP contribution < -0.4 is 0 Å². The highest BCUT2D eigenvalue weighted by atomic mass is 32.2. The average Bonchev–Trinajstić information content (AvgIpc) is 2.72. The van der Waals surface area contributed by atoms with Crippen molar-refractivity contribution in [2.75, 3.05) is 0 Å². The molecule has 0 amide bonds. The first-order chi connectivity index (χ1) is 6.43. The number of hydrogen-bond donors (Lipinski definition) is 0. The van der Waals surface area contributed by atoms with Gasteiger partial charge in [0.25, 0.3) is 0 Å². The summed E-state index contributed by atoms with van der Waals surface area (Å²) in [4.78, 5) is 0. The predicted octanol–water partition coefficient (Wildman–Crippen LogP) is 0.0344. The van der Waals surface area contributed by atoms with Crippen LogP contribution in [0, 0.1) is 0 Å². The molecule has 1 aliphatic heterocycles. The lowest BCUT2D eigenvalue weighted by atomic mass is 10.6. The molecule has 0 aliphatic carbocycles. The largest absolute Gasteiger partial charge is 0.237 e. The molecule has 6 nitrogen and oxygen atoms in total. The summed E-state index contributed by atoms with van der Waals surface area (Å²) >= 11 is 1.59. The maximum absolute atomic E-state index is 3.96. The second-order valence-corrected chi connectivity index (χ2v) is 3.73. The fraction of sp³-hybridized carbons (Fsp3) is 0.333. The molecule has 3 rings (SSSR count). The summed E-state index contributed by atoms with van der Waals surface area (Å²) in [7, 11) is 0. The molecule has 0 saturated heterocycles. The lowest BCUT2D eigenvalue weighted by Crippen LogP contribution is -2.08.